The van der Waals surface area contributed by atoms with E-state index in [1.807, 2.05) is 37.3 Å². The van der Waals surface area contributed by atoms with E-state index >= 15 is 0 Å². The maximum absolute atomic E-state index is 11.9. The summed E-state index contributed by atoms with van der Waals surface area (Å²) in [5.41, 5.74) is 1.01. The Bertz CT molecular complexity index is 403. The Labute approximate surface area is 107 Å². The number of esters is 1. The lowest BCUT2D eigenvalue weighted by Gasteiger charge is -2.18. The molecular formula is C14H19NO3. The minimum atomic E-state index is -0.735. The molecule has 98 valence electrons. The Morgan fingerprint density at radius 3 is 2.39 bits per heavy atom. The SMILES string of the molecule is CCC(C(=O)NC(C)c1ccccc1)C(=O)OC. The summed E-state index contributed by atoms with van der Waals surface area (Å²) in [6, 6.07) is 9.48. The van der Waals surface area contributed by atoms with Gasteiger partial charge in [0.1, 0.15) is 5.92 Å². The fourth-order valence-corrected chi connectivity index (χ4v) is 1.74. The van der Waals surface area contributed by atoms with Crippen molar-refractivity contribution in [3.8, 4) is 0 Å². The van der Waals surface area contributed by atoms with Crippen LogP contribution in [0.2, 0.25) is 0 Å². The van der Waals surface area contributed by atoms with Gasteiger partial charge in [0.05, 0.1) is 13.2 Å². The lowest BCUT2D eigenvalue weighted by Crippen LogP contribution is -2.37. The van der Waals surface area contributed by atoms with Crippen LogP contribution in [0.1, 0.15) is 31.9 Å². The summed E-state index contributed by atoms with van der Waals surface area (Å²) >= 11 is 0. The van der Waals surface area contributed by atoms with E-state index < -0.39 is 11.9 Å². The Morgan fingerprint density at radius 1 is 1.28 bits per heavy atom. The van der Waals surface area contributed by atoms with Crippen LogP contribution in [0.25, 0.3) is 0 Å². The molecule has 0 radical (unpaired) electrons. The fraction of sp³-hybridized carbons (Fsp3) is 0.429. The zero-order chi connectivity index (χ0) is 13.5. The summed E-state index contributed by atoms with van der Waals surface area (Å²) in [6.07, 6.45) is 0.431. The molecule has 2 atom stereocenters. The number of ether oxygens (including phenoxy) is 1. The highest BCUT2D eigenvalue weighted by Gasteiger charge is 2.26. The summed E-state index contributed by atoms with van der Waals surface area (Å²) in [7, 11) is 1.29. The molecule has 4 nitrogen and oxygen atoms in total. The molecule has 4 heteroatoms. The molecule has 0 heterocycles. The predicted octanol–water partition coefficient (Wildman–Crippen LogP) is 2.06. The number of hydrogen-bond acceptors (Lipinski definition) is 3. The average Bonchev–Trinajstić information content (AvgIpc) is 2.40. The molecule has 0 spiro atoms. The molecule has 0 saturated heterocycles. The molecule has 0 aromatic heterocycles. The molecule has 1 amide bonds. The van der Waals surface area contributed by atoms with Gasteiger partial charge in [0.15, 0.2) is 0 Å². The van der Waals surface area contributed by atoms with E-state index in [0.29, 0.717) is 6.42 Å². The fourth-order valence-electron chi connectivity index (χ4n) is 1.74. The third-order valence-electron chi connectivity index (χ3n) is 2.87. The first-order chi connectivity index (χ1) is 8.60. The Balaban J connectivity index is 2.66. The minimum Gasteiger partial charge on any atom is -0.468 e. The van der Waals surface area contributed by atoms with Crippen molar-refractivity contribution in [3.63, 3.8) is 0 Å². The van der Waals surface area contributed by atoms with Crippen LogP contribution >= 0.6 is 0 Å². The van der Waals surface area contributed by atoms with E-state index in [9.17, 15) is 9.59 Å². The van der Waals surface area contributed by atoms with Crippen LogP contribution in [-0.4, -0.2) is 19.0 Å². The molecule has 0 aliphatic rings. The van der Waals surface area contributed by atoms with Crippen LogP contribution < -0.4 is 5.32 Å². The van der Waals surface area contributed by atoms with Gasteiger partial charge >= 0.3 is 5.97 Å². The molecule has 1 N–H and O–H groups in total. The summed E-state index contributed by atoms with van der Waals surface area (Å²) in [5.74, 6) is -1.52. The van der Waals surface area contributed by atoms with Crippen LogP contribution in [0.5, 0.6) is 0 Å². The molecule has 1 rings (SSSR count). The second-order valence-corrected chi connectivity index (χ2v) is 4.12. The van der Waals surface area contributed by atoms with E-state index in [1.54, 1.807) is 6.92 Å². The number of methoxy groups -OCH3 is 1. The van der Waals surface area contributed by atoms with Crippen LogP contribution in [0.15, 0.2) is 30.3 Å². The smallest absolute Gasteiger partial charge is 0.318 e. The molecule has 0 saturated carbocycles. The number of hydrogen-bond donors (Lipinski definition) is 1. The van der Waals surface area contributed by atoms with E-state index in [1.165, 1.54) is 7.11 Å². The molecule has 1 aromatic carbocycles. The van der Waals surface area contributed by atoms with Gasteiger partial charge in [-0.15, -0.1) is 0 Å². The van der Waals surface area contributed by atoms with Crippen molar-refractivity contribution in [1.29, 1.82) is 0 Å². The first kappa shape index (κ1) is 14.2. The number of carbonyl (C=O) groups is 2. The van der Waals surface area contributed by atoms with Gasteiger partial charge in [-0.05, 0) is 18.9 Å². The molecular weight excluding hydrogens is 230 g/mol. The molecule has 0 bridgehead atoms. The standard InChI is InChI=1S/C14H19NO3/c1-4-12(14(17)18-3)13(16)15-10(2)11-8-6-5-7-9-11/h5-10,12H,4H2,1-3H3,(H,15,16). The molecule has 18 heavy (non-hydrogen) atoms. The van der Waals surface area contributed by atoms with Crippen LogP contribution in [-0.2, 0) is 14.3 Å². The van der Waals surface area contributed by atoms with Crippen molar-refractivity contribution in [2.24, 2.45) is 5.92 Å². The number of rotatable bonds is 5. The van der Waals surface area contributed by atoms with Gasteiger partial charge < -0.3 is 10.1 Å². The van der Waals surface area contributed by atoms with Gasteiger partial charge in [-0.25, -0.2) is 0 Å². The maximum Gasteiger partial charge on any atom is 0.318 e. The first-order valence-electron chi connectivity index (χ1n) is 6.03. The van der Waals surface area contributed by atoms with Gasteiger partial charge in [0, 0.05) is 0 Å². The number of benzene rings is 1. The highest BCUT2D eigenvalue weighted by molar-refractivity contribution is 5.97. The van der Waals surface area contributed by atoms with E-state index in [4.69, 9.17) is 0 Å². The minimum absolute atomic E-state index is 0.127. The third kappa shape index (κ3) is 3.58. The second-order valence-electron chi connectivity index (χ2n) is 4.12. The molecule has 0 fully saturated rings. The second kappa shape index (κ2) is 6.79. The van der Waals surface area contributed by atoms with E-state index in [0.717, 1.165) is 5.56 Å². The van der Waals surface area contributed by atoms with Gasteiger partial charge in [-0.3, -0.25) is 9.59 Å². The van der Waals surface area contributed by atoms with Crippen molar-refractivity contribution >= 4 is 11.9 Å². The Hall–Kier alpha value is -1.84. The lowest BCUT2D eigenvalue weighted by atomic mass is 10.0. The zero-order valence-corrected chi connectivity index (χ0v) is 11.0. The summed E-state index contributed by atoms with van der Waals surface area (Å²) in [4.78, 5) is 23.4. The summed E-state index contributed by atoms with van der Waals surface area (Å²) in [6.45, 7) is 3.67. The zero-order valence-electron chi connectivity index (χ0n) is 11.0. The van der Waals surface area contributed by atoms with Gasteiger partial charge in [-0.1, -0.05) is 37.3 Å². The first-order valence-corrected chi connectivity index (χ1v) is 6.03. The predicted molar refractivity (Wildman–Crippen MR) is 68.8 cm³/mol. The van der Waals surface area contributed by atoms with Crippen molar-refractivity contribution < 1.29 is 14.3 Å². The van der Waals surface area contributed by atoms with Gasteiger partial charge in [0.25, 0.3) is 0 Å². The van der Waals surface area contributed by atoms with Crippen molar-refractivity contribution in [1.82, 2.24) is 5.32 Å². The molecule has 2 unspecified atom stereocenters. The van der Waals surface area contributed by atoms with Crippen molar-refractivity contribution in [2.75, 3.05) is 7.11 Å². The van der Waals surface area contributed by atoms with E-state index in [2.05, 4.69) is 10.1 Å². The average molecular weight is 249 g/mol. The van der Waals surface area contributed by atoms with Crippen molar-refractivity contribution in [2.45, 2.75) is 26.3 Å². The summed E-state index contributed by atoms with van der Waals surface area (Å²) < 4.78 is 4.61. The maximum atomic E-state index is 11.9. The lowest BCUT2D eigenvalue weighted by molar-refractivity contribution is -0.150. The van der Waals surface area contributed by atoms with Crippen LogP contribution in [0.4, 0.5) is 0 Å². The molecule has 0 aliphatic heterocycles. The number of nitrogens with one attached hydrogen (secondary N) is 1. The van der Waals surface area contributed by atoms with Gasteiger partial charge in [0.2, 0.25) is 5.91 Å². The number of carbonyl (C=O) groups excluding carboxylic acids is 2. The summed E-state index contributed by atoms with van der Waals surface area (Å²) in [5, 5.41) is 2.82. The third-order valence-corrected chi connectivity index (χ3v) is 2.87. The quantitative estimate of drug-likeness (QED) is 0.642. The van der Waals surface area contributed by atoms with Crippen molar-refractivity contribution in [3.05, 3.63) is 35.9 Å². The molecule has 0 aliphatic carbocycles. The number of amides is 1. The van der Waals surface area contributed by atoms with E-state index in [-0.39, 0.29) is 11.9 Å². The Kier molecular flexibility index (Phi) is 5.36. The van der Waals surface area contributed by atoms with Crippen LogP contribution in [0.3, 0.4) is 0 Å². The Morgan fingerprint density at radius 2 is 1.89 bits per heavy atom. The monoisotopic (exact) mass is 249 g/mol. The van der Waals surface area contributed by atoms with Gasteiger partial charge in [-0.2, -0.15) is 0 Å². The largest absolute Gasteiger partial charge is 0.468 e. The highest BCUT2D eigenvalue weighted by Crippen LogP contribution is 2.13. The highest BCUT2D eigenvalue weighted by atomic mass is 16.5. The normalized spacial score (nSPS) is 13.5. The van der Waals surface area contributed by atoms with Crippen LogP contribution in [0, 0.1) is 5.92 Å². The molecule has 1 aromatic rings. The topological polar surface area (TPSA) is 55.4 Å².